The van der Waals surface area contributed by atoms with Gasteiger partial charge >= 0.3 is 12.1 Å². The largest absolute Gasteiger partial charge is 0.479 e. The van der Waals surface area contributed by atoms with Gasteiger partial charge in [-0.05, 0) is 29.7 Å². The van der Waals surface area contributed by atoms with Crippen molar-refractivity contribution in [2.75, 3.05) is 7.05 Å². The van der Waals surface area contributed by atoms with E-state index < -0.39 is 17.6 Å². The molecule has 6 heteroatoms. The number of halogens is 1. The lowest BCUT2D eigenvalue weighted by Gasteiger charge is -2.37. The number of nitrogens with zero attached hydrogens (tertiary/aromatic N) is 1. The molecule has 1 atom stereocenters. The maximum absolute atomic E-state index is 12.5. The predicted molar refractivity (Wildman–Crippen MR) is 98.1 cm³/mol. The summed E-state index contributed by atoms with van der Waals surface area (Å²) in [5.74, 6) is -1.10. The fraction of sp³-hybridized carbons (Fsp3) is 0.263. The van der Waals surface area contributed by atoms with Crippen LogP contribution < -0.4 is 0 Å². The zero-order valence-electron chi connectivity index (χ0n) is 14.1. The Hall–Kier alpha value is -2.34. The molecule has 2 rings (SSSR count). The standard InChI is InChI=1S/C19H20BrNO4/c1-3-19(17(22)23,15-10-7-11-16(20)12-15)21(2)18(24)25-13-14-8-5-4-6-9-14/h4-12H,3,13H2,1-2H3,(H,22,23). The number of benzene rings is 2. The smallest absolute Gasteiger partial charge is 0.411 e. The second-order valence-electron chi connectivity index (χ2n) is 5.63. The topological polar surface area (TPSA) is 66.8 Å². The fourth-order valence-corrected chi connectivity index (χ4v) is 3.17. The van der Waals surface area contributed by atoms with E-state index in [0.29, 0.717) is 5.56 Å². The molecule has 5 nitrogen and oxygen atoms in total. The van der Waals surface area contributed by atoms with Crippen molar-refractivity contribution in [2.45, 2.75) is 25.5 Å². The summed E-state index contributed by atoms with van der Waals surface area (Å²) < 4.78 is 6.06. The number of likely N-dealkylation sites (N-methyl/N-ethyl adjacent to an activating group) is 1. The molecular formula is C19H20BrNO4. The number of carboxylic acid groups (broad SMARTS) is 1. The average molecular weight is 406 g/mol. The molecule has 0 aliphatic heterocycles. The van der Waals surface area contributed by atoms with Crippen LogP contribution >= 0.6 is 15.9 Å². The van der Waals surface area contributed by atoms with Gasteiger partial charge in [0.25, 0.3) is 0 Å². The van der Waals surface area contributed by atoms with Crippen LogP contribution in [0.1, 0.15) is 24.5 Å². The zero-order valence-corrected chi connectivity index (χ0v) is 15.7. The Morgan fingerprint density at radius 1 is 1.16 bits per heavy atom. The summed E-state index contributed by atoms with van der Waals surface area (Å²) in [6.45, 7) is 1.82. The predicted octanol–water partition coefficient (Wildman–Crippen LogP) is 4.41. The molecule has 132 valence electrons. The molecule has 1 unspecified atom stereocenters. The summed E-state index contributed by atoms with van der Waals surface area (Å²) in [7, 11) is 1.45. The lowest BCUT2D eigenvalue weighted by atomic mass is 9.86. The van der Waals surface area contributed by atoms with Crippen LogP contribution in [0.25, 0.3) is 0 Å². The van der Waals surface area contributed by atoms with Gasteiger partial charge in [0.2, 0.25) is 0 Å². The Bertz CT molecular complexity index is 750. The molecule has 25 heavy (non-hydrogen) atoms. The average Bonchev–Trinajstić information content (AvgIpc) is 2.61. The highest BCUT2D eigenvalue weighted by molar-refractivity contribution is 9.10. The summed E-state index contributed by atoms with van der Waals surface area (Å²) >= 11 is 3.35. The van der Waals surface area contributed by atoms with Gasteiger partial charge in [0.05, 0.1) is 0 Å². The highest BCUT2D eigenvalue weighted by atomic mass is 79.9. The number of hydrogen-bond donors (Lipinski definition) is 1. The summed E-state index contributed by atoms with van der Waals surface area (Å²) in [6.07, 6.45) is -0.483. The first-order valence-corrected chi connectivity index (χ1v) is 8.65. The molecule has 0 heterocycles. The van der Waals surface area contributed by atoms with Crippen molar-refractivity contribution in [1.82, 2.24) is 4.90 Å². The molecule has 0 saturated carbocycles. The van der Waals surface area contributed by atoms with Crippen molar-refractivity contribution >= 4 is 28.0 Å². The minimum absolute atomic E-state index is 0.0852. The minimum Gasteiger partial charge on any atom is -0.479 e. The van der Waals surface area contributed by atoms with E-state index >= 15 is 0 Å². The van der Waals surface area contributed by atoms with Crippen molar-refractivity contribution in [3.63, 3.8) is 0 Å². The van der Waals surface area contributed by atoms with Gasteiger partial charge in [-0.25, -0.2) is 9.59 Å². The number of carboxylic acids is 1. The van der Waals surface area contributed by atoms with Crippen molar-refractivity contribution in [1.29, 1.82) is 0 Å². The molecule has 0 aliphatic carbocycles. The van der Waals surface area contributed by atoms with Gasteiger partial charge < -0.3 is 9.84 Å². The Kier molecular flexibility index (Phi) is 6.20. The lowest BCUT2D eigenvalue weighted by Crippen LogP contribution is -2.52. The molecule has 0 spiro atoms. The third-order valence-electron chi connectivity index (χ3n) is 4.22. The van der Waals surface area contributed by atoms with Crippen LogP contribution in [0.5, 0.6) is 0 Å². The lowest BCUT2D eigenvalue weighted by molar-refractivity contribution is -0.151. The molecule has 0 bridgehead atoms. The summed E-state index contributed by atoms with van der Waals surface area (Å²) in [5, 5.41) is 9.91. The maximum atomic E-state index is 12.5. The Morgan fingerprint density at radius 2 is 1.84 bits per heavy atom. The van der Waals surface area contributed by atoms with Gasteiger partial charge in [0.1, 0.15) is 6.61 Å². The van der Waals surface area contributed by atoms with Crippen LogP contribution in [-0.4, -0.2) is 29.1 Å². The molecule has 2 aromatic rings. The van der Waals surface area contributed by atoms with Gasteiger partial charge in [-0.3, -0.25) is 4.90 Å². The highest BCUT2D eigenvalue weighted by Crippen LogP contribution is 2.33. The zero-order chi connectivity index (χ0) is 18.4. The van der Waals surface area contributed by atoms with Gasteiger partial charge in [-0.15, -0.1) is 0 Å². The van der Waals surface area contributed by atoms with E-state index in [4.69, 9.17) is 4.74 Å². The van der Waals surface area contributed by atoms with Gasteiger partial charge in [0, 0.05) is 11.5 Å². The van der Waals surface area contributed by atoms with E-state index in [9.17, 15) is 14.7 Å². The number of ether oxygens (including phenoxy) is 1. The van der Waals surface area contributed by atoms with Crippen LogP contribution in [-0.2, 0) is 21.7 Å². The number of rotatable bonds is 6. The van der Waals surface area contributed by atoms with Crippen molar-refractivity contribution < 1.29 is 19.4 Å². The fourth-order valence-electron chi connectivity index (χ4n) is 2.77. The first kappa shape index (κ1) is 19.0. The monoisotopic (exact) mass is 405 g/mol. The normalized spacial score (nSPS) is 12.9. The molecule has 0 radical (unpaired) electrons. The van der Waals surface area contributed by atoms with E-state index in [1.54, 1.807) is 31.2 Å². The second-order valence-corrected chi connectivity index (χ2v) is 6.54. The first-order valence-electron chi connectivity index (χ1n) is 7.85. The molecular weight excluding hydrogens is 386 g/mol. The molecule has 1 amide bonds. The minimum atomic E-state index is -1.50. The number of carbonyl (C=O) groups excluding carboxylic acids is 1. The van der Waals surface area contributed by atoms with Crippen molar-refractivity contribution in [2.24, 2.45) is 0 Å². The second kappa shape index (κ2) is 8.16. The van der Waals surface area contributed by atoms with Crippen LogP contribution in [0, 0.1) is 0 Å². The van der Waals surface area contributed by atoms with E-state index in [-0.39, 0.29) is 13.0 Å². The summed E-state index contributed by atoms with van der Waals surface area (Å²) in [4.78, 5) is 25.8. The van der Waals surface area contributed by atoms with Gasteiger partial charge in [-0.2, -0.15) is 0 Å². The summed E-state index contributed by atoms with van der Waals surface area (Å²) in [6, 6.07) is 16.2. The van der Waals surface area contributed by atoms with Crippen LogP contribution in [0.4, 0.5) is 4.79 Å². The number of carbonyl (C=O) groups is 2. The summed E-state index contributed by atoms with van der Waals surface area (Å²) in [5.41, 5.74) is -0.155. The van der Waals surface area contributed by atoms with E-state index in [0.717, 1.165) is 14.9 Å². The third-order valence-corrected chi connectivity index (χ3v) is 4.71. The Balaban J connectivity index is 2.27. The molecule has 0 fully saturated rings. The quantitative estimate of drug-likeness (QED) is 0.772. The molecule has 1 N–H and O–H groups in total. The van der Waals surface area contributed by atoms with Crippen LogP contribution in [0.15, 0.2) is 59.1 Å². The van der Waals surface area contributed by atoms with Crippen LogP contribution in [0.3, 0.4) is 0 Å². The van der Waals surface area contributed by atoms with E-state index in [1.165, 1.54) is 7.05 Å². The molecule has 0 aromatic heterocycles. The first-order chi connectivity index (χ1) is 11.9. The number of amides is 1. The van der Waals surface area contributed by atoms with Gasteiger partial charge in [-0.1, -0.05) is 65.3 Å². The Morgan fingerprint density at radius 3 is 2.40 bits per heavy atom. The maximum Gasteiger partial charge on any atom is 0.411 e. The van der Waals surface area contributed by atoms with Crippen LogP contribution in [0.2, 0.25) is 0 Å². The van der Waals surface area contributed by atoms with E-state index in [1.807, 2.05) is 30.3 Å². The third kappa shape index (κ3) is 4.02. The van der Waals surface area contributed by atoms with Crippen molar-refractivity contribution in [3.8, 4) is 0 Å². The Labute approximate surface area is 155 Å². The SMILES string of the molecule is CCC(C(=O)O)(c1cccc(Br)c1)N(C)C(=O)OCc1ccccc1. The number of hydrogen-bond acceptors (Lipinski definition) is 3. The number of aliphatic carboxylic acids is 1. The van der Waals surface area contributed by atoms with Gasteiger partial charge in [0.15, 0.2) is 5.54 Å². The molecule has 2 aromatic carbocycles. The molecule has 0 aliphatic rings. The van der Waals surface area contributed by atoms with E-state index in [2.05, 4.69) is 15.9 Å². The highest BCUT2D eigenvalue weighted by Gasteiger charge is 2.46. The molecule has 0 saturated heterocycles. The van der Waals surface area contributed by atoms with Crippen molar-refractivity contribution in [3.05, 3.63) is 70.2 Å².